The van der Waals surface area contributed by atoms with Crippen LogP contribution in [-0.4, -0.2) is 34.9 Å². The Morgan fingerprint density at radius 2 is 1.94 bits per heavy atom. The van der Waals surface area contributed by atoms with E-state index >= 15 is 0 Å². The van der Waals surface area contributed by atoms with E-state index in [2.05, 4.69) is 4.98 Å². The molecule has 1 atom stereocenters. The minimum Gasteiger partial charge on any atom is -0.453 e. The van der Waals surface area contributed by atoms with Crippen molar-refractivity contribution in [3.05, 3.63) is 77.1 Å². The number of aromatic nitrogens is 1. The minimum atomic E-state index is -0.947. The summed E-state index contributed by atoms with van der Waals surface area (Å²) in [6.07, 6.45) is 0.997. The van der Waals surface area contributed by atoms with E-state index in [1.54, 1.807) is 25.4 Å². The number of likely N-dealkylation sites (N-methyl/N-ethyl adjacent to an activating group) is 1. The van der Waals surface area contributed by atoms with Gasteiger partial charge in [-0.05, 0) is 55.7 Å². The number of benzene rings is 2. The molecule has 3 rings (SSSR count). The minimum absolute atomic E-state index is 0.0398. The topological polar surface area (TPSA) is 72.6 Å². The van der Waals surface area contributed by atoms with Crippen LogP contribution in [0.5, 0.6) is 0 Å². The molecule has 2 aromatic carbocycles. The van der Waals surface area contributed by atoms with E-state index in [9.17, 15) is 14.0 Å². The van der Waals surface area contributed by atoms with Gasteiger partial charge in [-0.15, -0.1) is 0 Å². The molecular weight excluding hydrogens is 411 g/mol. The molecule has 0 N–H and O–H groups in total. The molecule has 0 saturated carbocycles. The van der Waals surface area contributed by atoms with E-state index in [0.29, 0.717) is 17.2 Å². The second-order valence-corrected chi connectivity index (χ2v) is 7.87. The molecule has 3 aromatic rings. The van der Waals surface area contributed by atoms with Crippen LogP contribution >= 0.6 is 0 Å². The fourth-order valence-electron chi connectivity index (χ4n) is 3.27. The van der Waals surface area contributed by atoms with Crippen LogP contribution in [0.25, 0.3) is 11.3 Å². The summed E-state index contributed by atoms with van der Waals surface area (Å²) in [4.78, 5) is 30.3. The maximum Gasteiger partial charge on any atom is 0.307 e. The predicted octanol–water partition coefficient (Wildman–Crippen LogP) is 4.62. The van der Waals surface area contributed by atoms with E-state index in [1.807, 2.05) is 32.0 Å². The van der Waals surface area contributed by atoms with Crippen LogP contribution in [-0.2, 0) is 27.3 Å². The zero-order valence-electron chi connectivity index (χ0n) is 18.7. The van der Waals surface area contributed by atoms with E-state index in [-0.39, 0.29) is 31.1 Å². The highest BCUT2D eigenvalue weighted by molar-refractivity contribution is 5.83. The summed E-state index contributed by atoms with van der Waals surface area (Å²) in [6.45, 7) is 5.81. The van der Waals surface area contributed by atoms with Crippen molar-refractivity contribution in [2.75, 3.05) is 7.05 Å². The first-order valence-corrected chi connectivity index (χ1v) is 10.4. The molecule has 0 saturated heterocycles. The Hall–Kier alpha value is -3.48. The number of aryl methyl sites for hydroxylation is 3. The van der Waals surface area contributed by atoms with Crippen molar-refractivity contribution in [1.82, 2.24) is 9.88 Å². The molecule has 6 nitrogen and oxygen atoms in total. The number of carbonyl (C=O) groups is 2. The molecule has 1 amide bonds. The molecule has 1 aromatic heterocycles. The van der Waals surface area contributed by atoms with E-state index < -0.39 is 12.1 Å². The molecule has 0 spiro atoms. The molecule has 1 heterocycles. The van der Waals surface area contributed by atoms with Gasteiger partial charge >= 0.3 is 5.97 Å². The number of nitrogens with zero attached hydrogens (tertiary/aromatic N) is 2. The molecule has 0 aliphatic heterocycles. The first-order valence-electron chi connectivity index (χ1n) is 10.4. The number of amides is 1. The maximum atomic E-state index is 13.3. The first-order chi connectivity index (χ1) is 15.2. The van der Waals surface area contributed by atoms with Crippen molar-refractivity contribution in [2.24, 2.45) is 0 Å². The number of hydrogen-bond donors (Lipinski definition) is 0. The van der Waals surface area contributed by atoms with Crippen LogP contribution in [0.4, 0.5) is 4.39 Å². The predicted molar refractivity (Wildman–Crippen MR) is 118 cm³/mol. The number of carbonyl (C=O) groups excluding carboxylic acids is 2. The zero-order chi connectivity index (χ0) is 23.3. The Morgan fingerprint density at radius 1 is 1.16 bits per heavy atom. The van der Waals surface area contributed by atoms with Gasteiger partial charge in [0.2, 0.25) is 0 Å². The number of ether oxygens (including phenoxy) is 1. The SMILES string of the molecule is Cc1ccc(-c2cnc(CCC(=O)OC(C)C(=O)N(C)Cc3cccc(F)c3)o2)cc1C. The molecule has 0 fully saturated rings. The maximum absolute atomic E-state index is 13.3. The van der Waals surface area contributed by atoms with Crippen LogP contribution in [0.2, 0.25) is 0 Å². The van der Waals surface area contributed by atoms with Crippen molar-refractivity contribution in [1.29, 1.82) is 0 Å². The third-order valence-corrected chi connectivity index (χ3v) is 5.23. The number of hydrogen-bond acceptors (Lipinski definition) is 5. The highest BCUT2D eigenvalue weighted by atomic mass is 19.1. The van der Waals surface area contributed by atoms with Gasteiger partial charge in [0, 0.05) is 25.6 Å². The Labute approximate surface area is 187 Å². The number of esters is 1. The quantitative estimate of drug-likeness (QED) is 0.480. The van der Waals surface area contributed by atoms with Crippen LogP contribution in [0, 0.1) is 19.7 Å². The molecular formula is C25H27FN2O4. The fourth-order valence-corrected chi connectivity index (χ4v) is 3.27. The van der Waals surface area contributed by atoms with Gasteiger partial charge < -0.3 is 14.1 Å². The average Bonchev–Trinajstić information content (AvgIpc) is 3.22. The molecule has 7 heteroatoms. The van der Waals surface area contributed by atoms with Gasteiger partial charge in [0.1, 0.15) is 5.82 Å². The van der Waals surface area contributed by atoms with Gasteiger partial charge in [0.05, 0.1) is 12.6 Å². The average molecular weight is 438 g/mol. The Morgan fingerprint density at radius 3 is 2.66 bits per heavy atom. The Balaban J connectivity index is 1.49. The smallest absolute Gasteiger partial charge is 0.307 e. The summed E-state index contributed by atoms with van der Waals surface area (Å²) in [5.74, 6) is -0.182. The number of halogens is 1. The van der Waals surface area contributed by atoms with Crippen LogP contribution < -0.4 is 0 Å². The molecule has 0 bridgehead atoms. The normalized spacial score (nSPS) is 11.8. The van der Waals surface area contributed by atoms with E-state index in [0.717, 1.165) is 11.1 Å². The molecule has 32 heavy (non-hydrogen) atoms. The lowest BCUT2D eigenvalue weighted by atomic mass is 10.1. The van der Waals surface area contributed by atoms with E-state index in [4.69, 9.17) is 9.15 Å². The third kappa shape index (κ3) is 6.03. The van der Waals surface area contributed by atoms with Crippen LogP contribution in [0.3, 0.4) is 0 Å². The van der Waals surface area contributed by atoms with Crippen molar-refractivity contribution in [2.45, 2.75) is 46.3 Å². The molecule has 0 aliphatic rings. The van der Waals surface area contributed by atoms with Gasteiger partial charge in [-0.1, -0.05) is 24.3 Å². The lowest BCUT2D eigenvalue weighted by Gasteiger charge is -2.21. The van der Waals surface area contributed by atoms with Crippen molar-refractivity contribution >= 4 is 11.9 Å². The molecule has 1 unspecified atom stereocenters. The van der Waals surface area contributed by atoms with Gasteiger partial charge in [-0.25, -0.2) is 9.37 Å². The highest BCUT2D eigenvalue weighted by Gasteiger charge is 2.22. The second kappa shape index (κ2) is 10.2. The van der Waals surface area contributed by atoms with Crippen molar-refractivity contribution in [3.8, 4) is 11.3 Å². The van der Waals surface area contributed by atoms with Gasteiger partial charge in [0.25, 0.3) is 5.91 Å². The third-order valence-electron chi connectivity index (χ3n) is 5.23. The van der Waals surface area contributed by atoms with Crippen molar-refractivity contribution < 1.29 is 23.1 Å². The second-order valence-electron chi connectivity index (χ2n) is 7.87. The highest BCUT2D eigenvalue weighted by Crippen LogP contribution is 2.23. The molecule has 0 radical (unpaired) electrons. The fraction of sp³-hybridized carbons (Fsp3) is 0.320. The lowest BCUT2D eigenvalue weighted by Crippen LogP contribution is -2.37. The Bertz CT molecular complexity index is 1110. The summed E-state index contributed by atoms with van der Waals surface area (Å²) in [7, 11) is 1.58. The zero-order valence-corrected chi connectivity index (χ0v) is 18.7. The number of rotatable bonds is 8. The summed E-state index contributed by atoms with van der Waals surface area (Å²) in [6, 6.07) is 12.0. The van der Waals surface area contributed by atoms with Crippen LogP contribution in [0.15, 0.2) is 53.1 Å². The largest absolute Gasteiger partial charge is 0.453 e. The molecule has 168 valence electrons. The summed E-state index contributed by atoms with van der Waals surface area (Å²) >= 11 is 0. The summed E-state index contributed by atoms with van der Waals surface area (Å²) in [5, 5.41) is 0. The first kappa shape index (κ1) is 23.2. The molecule has 0 aliphatic carbocycles. The lowest BCUT2D eigenvalue weighted by molar-refractivity contribution is -0.158. The summed E-state index contributed by atoms with van der Waals surface area (Å²) < 4.78 is 24.3. The van der Waals surface area contributed by atoms with Gasteiger partial charge in [-0.2, -0.15) is 0 Å². The van der Waals surface area contributed by atoms with Crippen molar-refractivity contribution in [3.63, 3.8) is 0 Å². The van der Waals surface area contributed by atoms with Gasteiger partial charge in [0.15, 0.2) is 17.8 Å². The van der Waals surface area contributed by atoms with Gasteiger partial charge in [-0.3, -0.25) is 9.59 Å². The number of oxazole rings is 1. The Kier molecular flexibility index (Phi) is 7.41. The monoisotopic (exact) mass is 438 g/mol. The van der Waals surface area contributed by atoms with E-state index in [1.165, 1.54) is 29.5 Å². The standard InChI is InChI=1S/C25H27FN2O4/c1-16-8-9-20(12-17(16)2)22-14-27-23(32-22)10-11-24(29)31-18(3)25(30)28(4)15-19-6-5-7-21(26)13-19/h5-9,12-14,18H,10-11,15H2,1-4H3. The summed E-state index contributed by atoms with van der Waals surface area (Å²) in [5.41, 5.74) is 3.93. The van der Waals surface area contributed by atoms with Crippen LogP contribution in [0.1, 0.15) is 35.9 Å².